The van der Waals surface area contributed by atoms with E-state index in [4.69, 9.17) is 9.47 Å². The lowest BCUT2D eigenvalue weighted by Gasteiger charge is -2.26. The molecule has 59 heavy (non-hydrogen) atoms. The third-order valence-electron chi connectivity index (χ3n) is 9.89. The number of nitrogens with zero attached hydrogens (tertiary/aromatic N) is 2. The second-order valence-electron chi connectivity index (χ2n) is 13.4. The lowest BCUT2D eigenvalue weighted by atomic mass is 9.79. The number of rotatable bonds is 8. The fourth-order valence-corrected chi connectivity index (χ4v) is 9.42. The molecule has 0 radical (unpaired) electrons. The van der Waals surface area contributed by atoms with Gasteiger partial charge in [0.25, 0.3) is 0 Å². The Morgan fingerprint density at radius 2 is 0.831 bits per heavy atom. The lowest BCUT2D eigenvalue weighted by molar-refractivity contribution is -0.164. The molecule has 2 aromatic heterocycles. The van der Waals surface area contributed by atoms with Crippen molar-refractivity contribution < 1.29 is 36.6 Å². The molecule has 0 unspecified atom stereocenters. The molecule has 1 aliphatic rings. The van der Waals surface area contributed by atoms with Gasteiger partial charge >= 0.3 is 11.9 Å². The van der Waals surface area contributed by atoms with Crippen molar-refractivity contribution in [2.24, 2.45) is 9.98 Å². The average Bonchev–Trinajstić information content (AvgIpc) is 4.00. The predicted octanol–water partition coefficient (Wildman–Crippen LogP) is 6.08. The Hall–Kier alpha value is -7.04. The minimum Gasteiger partial charge on any atom is -0.459 e. The number of benzene rings is 4. The van der Waals surface area contributed by atoms with Crippen LogP contribution >= 0.6 is 22.7 Å². The average molecular weight is 833 g/mol. The van der Waals surface area contributed by atoms with Crippen LogP contribution in [0.25, 0.3) is 31.3 Å². The summed E-state index contributed by atoms with van der Waals surface area (Å²) in [5, 5.41) is -3.05. The van der Waals surface area contributed by atoms with Gasteiger partial charge in [0.2, 0.25) is 27.1 Å². The number of hydrogen-bond acceptors (Lipinski definition) is 12. The second kappa shape index (κ2) is 14.1. The maximum Gasteiger partial charge on any atom is 0.333 e. The molecule has 290 valence electrons. The van der Waals surface area contributed by atoms with Crippen molar-refractivity contribution in [2.45, 2.75) is 18.6 Å². The highest BCUT2D eigenvalue weighted by atomic mass is 32.1. The Balaban J connectivity index is 1.27. The van der Waals surface area contributed by atoms with Gasteiger partial charge in [-0.2, -0.15) is 0 Å². The van der Waals surface area contributed by atoms with Gasteiger partial charge in [-0.05, 0) is 47.5 Å². The molecule has 9 rings (SSSR count). The van der Waals surface area contributed by atoms with Crippen molar-refractivity contribution in [1.29, 1.82) is 0 Å². The Morgan fingerprint density at radius 3 is 1.15 bits per heavy atom. The Morgan fingerprint density at radius 1 is 0.508 bits per heavy atom. The van der Waals surface area contributed by atoms with Crippen LogP contribution in [-0.2, 0) is 37.7 Å². The van der Waals surface area contributed by atoms with E-state index in [0.717, 1.165) is 22.7 Å². The van der Waals surface area contributed by atoms with Gasteiger partial charge in [-0.15, -0.1) is 22.7 Å². The molecule has 16 heteroatoms. The van der Waals surface area contributed by atoms with Gasteiger partial charge in [-0.1, -0.05) is 60.7 Å². The van der Waals surface area contributed by atoms with Crippen molar-refractivity contribution in [3.8, 4) is 9.75 Å². The molecule has 0 saturated carbocycles. The number of ether oxygens (including phenoxy) is 2. The van der Waals surface area contributed by atoms with Crippen LogP contribution in [0.2, 0.25) is 0 Å². The molecule has 0 atom stereocenters. The number of thiophene rings is 2. The van der Waals surface area contributed by atoms with Crippen LogP contribution in [-0.4, -0.2) is 11.9 Å². The molecule has 8 aromatic rings. The van der Waals surface area contributed by atoms with Crippen molar-refractivity contribution in [1.82, 2.24) is 0 Å². The highest BCUT2D eigenvalue weighted by Crippen LogP contribution is 2.59. The zero-order valence-corrected chi connectivity index (χ0v) is 31.3. The first-order valence-electron chi connectivity index (χ1n) is 17.4. The van der Waals surface area contributed by atoms with E-state index in [0.29, 0.717) is 35.4 Å². The first-order valence-corrected chi connectivity index (χ1v) is 19.1. The van der Waals surface area contributed by atoms with Crippen LogP contribution in [0.5, 0.6) is 0 Å². The highest BCUT2D eigenvalue weighted by molar-refractivity contribution is 7.26. The van der Waals surface area contributed by atoms with E-state index in [1.807, 2.05) is 0 Å². The van der Waals surface area contributed by atoms with E-state index in [1.54, 1.807) is 60.7 Å². The molecule has 0 saturated heterocycles. The summed E-state index contributed by atoms with van der Waals surface area (Å²) in [6.07, 6.45) is 0. The fraction of sp³-hybridized carbons (Fsp3) is 0.0698. The van der Waals surface area contributed by atoms with Crippen molar-refractivity contribution in [3.05, 3.63) is 194 Å². The van der Waals surface area contributed by atoms with Crippen LogP contribution in [0.3, 0.4) is 0 Å². The molecule has 0 bridgehead atoms. The Labute approximate surface area is 334 Å². The molecule has 0 N–H and O–H groups in total. The maximum atomic E-state index is 14.7. The predicted molar refractivity (Wildman–Crippen MR) is 209 cm³/mol. The van der Waals surface area contributed by atoms with E-state index >= 15 is 0 Å². The van der Waals surface area contributed by atoms with Gasteiger partial charge in [-0.25, -0.2) is 27.5 Å². The van der Waals surface area contributed by atoms with Gasteiger partial charge in [0.15, 0.2) is 34.0 Å². The summed E-state index contributed by atoms with van der Waals surface area (Å²) in [6, 6.07) is 22.1. The molecule has 1 aliphatic carbocycles. The Bertz CT molecular complexity index is 3080. The van der Waals surface area contributed by atoms with E-state index in [-0.39, 0.29) is 44.1 Å². The molecule has 0 fully saturated rings. The SMILES string of the molecule is O=C(OCc1ccccc1)C1(C(=O)OCc2ccccc2)c2cc(N=c3c(=O)c4cc(F)c(F)cc4c3=O)sc2-c2sc(N=c3c(=O)c4cc(F)c(F)cc4c3=O)cc21. The molecule has 10 nitrogen and oxygen atoms in total. The van der Waals surface area contributed by atoms with Crippen molar-refractivity contribution in [3.63, 3.8) is 0 Å². The normalized spacial score (nSPS) is 12.7. The number of hydrogen-bond donors (Lipinski definition) is 0. The third kappa shape index (κ3) is 5.98. The standard InChI is InChI=1S/C43H20F4N2O8S2/c44-27-11-21-22(12-28(27)45)36(51)33(35(21)50)48-31-15-25-39(58-31)40-26(16-32(59-40)49-34-37(52)23-13-29(46)30(47)14-24(23)38(34)53)43(25,41(54)56-17-19-7-3-1-4-8-19)42(55)57-18-20-9-5-2-6-10-20/h1-16H,17-18H2. The van der Waals surface area contributed by atoms with Crippen molar-refractivity contribution in [2.75, 3.05) is 0 Å². The van der Waals surface area contributed by atoms with E-state index in [1.165, 1.54) is 12.1 Å². The molecule has 0 amide bonds. The van der Waals surface area contributed by atoms with Gasteiger partial charge in [0, 0.05) is 32.7 Å². The Kier molecular flexibility index (Phi) is 8.97. The zero-order valence-electron chi connectivity index (χ0n) is 29.6. The summed E-state index contributed by atoms with van der Waals surface area (Å²) in [5.74, 6) is -7.59. The lowest BCUT2D eigenvalue weighted by Crippen LogP contribution is -2.45. The third-order valence-corrected chi connectivity index (χ3v) is 12.1. The molecule has 2 heterocycles. The molecular formula is C43H20F4N2O8S2. The highest BCUT2D eigenvalue weighted by Gasteiger charge is 2.60. The fourth-order valence-electron chi connectivity index (χ4n) is 7.08. The van der Waals surface area contributed by atoms with E-state index in [9.17, 15) is 46.3 Å². The van der Waals surface area contributed by atoms with Crippen LogP contribution in [0.4, 0.5) is 27.6 Å². The monoisotopic (exact) mass is 832 g/mol. The summed E-state index contributed by atoms with van der Waals surface area (Å²) in [7, 11) is 0. The largest absolute Gasteiger partial charge is 0.459 e. The topological polar surface area (TPSA) is 146 Å². The zero-order chi connectivity index (χ0) is 41.3. The molecule has 6 aromatic carbocycles. The minimum atomic E-state index is -2.42. The number of carbonyl (C=O) groups is 2. The summed E-state index contributed by atoms with van der Waals surface area (Å²) >= 11 is 1.69. The van der Waals surface area contributed by atoms with Crippen LogP contribution in [0.15, 0.2) is 126 Å². The van der Waals surface area contributed by atoms with Gasteiger partial charge in [0.05, 0.1) is 9.75 Å². The quantitative estimate of drug-likeness (QED) is 0.102. The number of carbonyl (C=O) groups excluding carboxylic acids is 2. The van der Waals surface area contributed by atoms with E-state index < -0.39 is 94.6 Å². The summed E-state index contributed by atoms with van der Waals surface area (Å²) in [6.45, 7) is -0.585. The van der Waals surface area contributed by atoms with Gasteiger partial charge < -0.3 is 9.47 Å². The first-order chi connectivity index (χ1) is 28.4. The first kappa shape index (κ1) is 37.5. The molecular weight excluding hydrogens is 813 g/mol. The summed E-state index contributed by atoms with van der Waals surface area (Å²) in [5.41, 5.74) is -5.20. The van der Waals surface area contributed by atoms with Crippen LogP contribution in [0, 0.1) is 23.3 Å². The smallest absolute Gasteiger partial charge is 0.333 e. The van der Waals surface area contributed by atoms with Gasteiger partial charge in [-0.3, -0.25) is 28.8 Å². The summed E-state index contributed by atoms with van der Waals surface area (Å²) in [4.78, 5) is 91.5. The van der Waals surface area contributed by atoms with Crippen LogP contribution in [0.1, 0.15) is 22.3 Å². The number of fused-ring (bicyclic) bond motifs is 5. The minimum absolute atomic E-state index is 0.00250. The second-order valence-corrected chi connectivity index (χ2v) is 15.5. The summed E-state index contributed by atoms with van der Waals surface area (Å²) < 4.78 is 68.0. The van der Waals surface area contributed by atoms with Crippen molar-refractivity contribution >= 4 is 66.2 Å². The van der Waals surface area contributed by atoms with Crippen LogP contribution < -0.4 is 32.4 Å². The number of halogens is 4. The van der Waals surface area contributed by atoms with Gasteiger partial charge in [0.1, 0.15) is 23.2 Å². The molecule has 0 aliphatic heterocycles. The maximum absolute atomic E-state index is 14.7. The molecule has 0 spiro atoms. The number of esters is 2. The van der Waals surface area contributed by atoms with E-state index in [2.05, 4.69) is 9.98 Å².